The quantitative estimate of drug-likeness (QED) is 0.475. The number of rotatable bonds is 2. The maximum Gasteiger partial charge on any atom is 0.0696 e. The number of nitrogens with zero attached hydrogens (tertiary/aromatic N) is 2. The zero-order valence-corrected chi connectivity index (χ0v) is 15.7. The molecule has 0 aliphatic rings. The molecule has 1 N–H and O–H groups in total. The summed E-state index contributed by atoms with van der Waals surface area (Å²) in [6.45, 7) is 11.0. The van der Waals surface area contributed by atoms with Crippen LogP contribution in [-0.2, 0) is 0 Å². The number of aromatic amines is 1. The maximum atomic E-state index is 4.26. The van der Waals surface area contributed by atoms with Gasteiger partial charge in [0.25, 0.3) is 0 Å². The molecule has 25 heavy (non-hydrogen) atoms. The van der Waals surface area contributed by atoms with Crippen molar-refractivity contribution in [2.75, 3.05) is 0 Å². The molecule has 0 radical (unpaired) electrons. The predicted octanol–water partition coefficient (Wildman–Crippen LogP) is 6.06. The van der Waals surface area contributed by atoms with E-state index in [9.17, 15) is 0 Å². The molecule has 0 saturated carbocycles. The van der Waals surface area contributed by atoms with Crippen molar-refractivity contribution in [3.63, 3.8) is 0 Å². The van der Waals surface area contributed by atoms with Crippen LogP contribution in [0.4, 0.5) is 0 Å². The van der Waals surface area contributed by atoms with Gasteiger partial charge in [0.15, 0.2) is 0 Å². The van der Waals surface area contributed by atoms with E-state index < -0.39 is 0 Å². The zero-order valence-electron chi connectivity index (χ0n) is 15.7. The summed E-state index contributed by atoms with van der Waals surface area (Å²) in [4.78, 5) is 3.41. The molecule has 3 aromatic heterocycles. The van der Waals surface area contributed by atoms with Crippen molar-refractivity contribution in [3.8, 4) is 0 Å². The Labute approximate surface area is 149 Å². The van der Waals surface area contributed by atoms with Gasteiger partial charge in [-0.2, -0.15) is 5.10 Å². The van der Waals surface area contributed by atoms with Crippen LogP contribution in [0.25, 0.3) is 16.4 Å². The lowest BCUT2D eigenvalue weighted by molar-refractivity contribution is 0.864. The first kappa shape index (κ1) is 17.3. The average Bonchev–Trinajstić information content (AvgIpc) is 3.15. The molecule has 0 spiro atoms. The standard InChI is InChI=1S/C12H15N.C10H12N2/c1-8(2)12-9(3)13-11-7-5-4-6-10(11)12;1-8(2)9-7-11-12-6-4-3-5-10(9)12/h4-8,13H,1-3H3;3-8H,1-2H3. The van der Waals surface area contributed by atoms with E-state index in [1.165, 1.54) is 33.2 Å². The first-order chi connectivity index (χ1) is 12.0. The van der Waals surface area contributed by atoms with Crippen molar-refractivity contribution in [1.82, 2.24) is 14.6 Å². The third-order valence-electron chi connectivity index (χ3n) is 4.60. The minimum absolute atomic E-state index is 0.546. The molecular weight excluding hydrogens is 306 g/mol. The number of hydrogen-bond donors (Lipinski definition) is 1. The summed E-state index contributed by atoms with van der Waals surface area (Å²) in [6.07, 6.45) is 3.92. The Balaban J connectivity index is 0.000000146. The summed E-state index contributed by atoms with van der Waals surface area (Å²) >= 11 is 0. The summed E-state index contributed by atoms with van der Waals surface area (Å²) in [5, 5.41) is 5.63. The Morgan fingerprint density at radius 1 is 0.920 bits per heavy atom. The number of aromatic nitrogens is 3. The third-order valence-corrected chi connectivity index (χ3v) is 4.60. The van der Waals surface area contributed by atoms with Gasteiger partial charge in [-0.15, -0.1) is 0 Å². The fraction of sp³-hybridized carbons (Fsp3) is 0.318. The lowest BCUT2D eigenvalue weighted by Crippen LogP contribution is -1.87. The Hall–Kier alpha value is -2.55. The van der Waals surface area contributed by atoms with Gasteiger partial charge in [-0.3, -0.25) is 0 Å². The molecule has 0 unspecified atom stereocenters. The van der Waals surface area contributed by atoms with Gasteiger partial charge in [0, 0.05) is 28.4 Å². The van der Waals surface area contributed by atoms with Crippen LogP contribution in [0, 0.1) is 6.92 Å². The minimum atomic E-state index is 0.546. The van der Waals surface area contributed by atoms with Crippen molar-refractivity contribution < 1.29 is 0 Å². The first-order valence-electron chi connectivity index (χ1n) is 8.98. The third kappa shape index (κ3) is 3.46. The van der Waals surface area contributed by atoms with E-state index in [1.54, 1.807) is 0 Å². The van der Waals surface area contributed by atoms with Crippen LogP contribution >= 0.6 is 0 Å². The van der Waals surface area contributed by atoms with Crippen molar-refractivity contribution in [1.29, 1.82) is 0 Å². The predicted molar refractivity (Wildman–Crippen MR) is 106 cm³/mol. The molecule has 4 rings (SSSR count). The minimum Gasteiger partial charge on any atom is -0.358 e. The average molecular weight is 333 g/mol. The number of fused-ring (bicyclic) bond motifs is 2. The van der Waals surface area contributed by atoms with Crippen molar-refractivity contribution >= 4 is 16.4 Å². The van der Waals surface area contributed by atoms with Crippen molar-refractivity contribution in [2.45, 2.75) is 46.5 Å². The van der Waals surface area contributed by atoms with Gasteiger partial charge in [0.1, 0.15) is 0 Å². The summed E-state index contributed by atoms with van der Waals surface area (Å²) in [7, 11) is 0. The molecular formula is C22H27N3. The molecule has 130 valence electrons. The largest absolute Gasteiger partial charge is 0.358 e. The number of H-pyrrole nitrogens is 1. The van der Waals surface area contributed by atoms with Gasteiger partial charge in [0.05, 0.1) is 11.7 Å². The normalized spacial score (nSPS) is 11.3. The molecule has 3 nitrogen and oxygen atoms in total. The Morgan fingerprint density at radius 2 is 1.64 bits per heavy atom. The molecule has 0 aliphatic carbocycles. The van der Waals surface area contributed by atoms with E-state index in [1.807, 2.05) is 29.0 Å². The number of nitrogens with one attached hydrogen (secondary N) is 1. The van der Waals surface area contributed by atoms with Crippen molar-refractivity contribution in [2.24, 2.45) is 0 Å². The van der Waals surface area contributed by atoms with Gasteiger partial charge >= 0.3 is 0 Å². The molecule has 1 aromatic carbocycles. The van der Waals surface area contributed by atoms with Crippen LogP contribution in [-0.4, -0.2) is 14.6 Å². The van der Waals surface area contributed by atoms with Gasteiger partial charge in [0.2, 0.25) is 0 Å². The summed E-state index contributed by atoms with van der Waals surface area (Å²) in [6, 6.07) is 14.6. The van der Waals surface area contributed by atoms with Crippen LogP contribution in [0.5, 0.6) is 0 Å². The van der Waals surface area contributed by atoms with E-state index in [4.69, 9.17) is 0 Å². The van der Waals surface area contributed by atoms with E-state index >= 15 is 0 Å². The molecule has 4 aromatic rings. The monoisotopic (exact) mass is 333 g/mol. The highest BCUT2D eigenvalue weighted by Crippen LogP contribution is 2.28. The second-order valence-electron chi connectivity index (χ2n) is 7.15. The Morgan fingerprint density at radius 3 is 2.36 bits per heavy atom. The van der Waals surface area contributed by atoms with Gasteiger partial charge in [-0.1, -0.05) is 52.0 Å². The second kappa shape index (κ2) is 7.14. The molecule has 0 aliphatic heterocycles. The summed E-state index contributed by atoms with van der Waals surface area (Å²) in [5.74, 6) is 1.14. The molecule has 0 bridgehead atoms. The lowest BCUT2D eigenvalue weighted by Gasteiger charge is -2.04. The van der Waals surface area contributed by atoms with Crippen LogP contribution in [0.15, 0.2) is 54.9 Å². The fourth-order valence-electron chi connectivity index (χ4n) is 3.44. The van der Waals surface area contributed by atoms with E-state index in [0.29, 0.717) is 11.8 Å². The van der Waals surface area contributed by atoms with Crippen LogP contribution < -0.4 is 0 Å². The highest BCUT2D eigenvalue weighted by atomic mass is 15.2. The van der Waals surface area contributed by atoms with Crippen LogP contribution in [0.2, 0.25) is 0 Å². The van der Waals surface area contributed by atoms with E-state index in [0.717, 1.165) is 0 Å². The second-order valence-corrected chi connectivity index (χ2v) is 7.15. The molecule has 0 saturated heterocycles. The fourth-order valence-corrected chi connectivity index (χ4v) is 3.44. The Bertz CT molecular complexity index is 973. The van der Waals surface area contributed by atoms with Gasteiger partial charge in [-0.05, 0) is 42.5 Å². The highest BCUT2D eigenvalue weighted by molar-refractivity contribution is 5.85. The number of hydrogen-bond acceptors (Lipinski definition) is 1. The number of benzene rings is 1. The van der Waals surface area contributed by atoms with Crippen molar-refractivity contribution in [3.05, 3.63) is 71.7 Å². The summed E-state index contributed by atoms with van der Waals surface area (Å²) < 4.78 is 1.91. The lowest BCUT2D eigenvalue weighted by atomic mass is 10.00. The highest BCUT2D eigenvalue weighted by Gasteiger charge is 2.10. The molecule has 0 atom stereocenters. The SMILES string of the molecule is CC(C)c1cnn2ccccc12.Cc1[nH]c2ccccc2c1C(C)C. The molecule has 3 heterocycles. The summed E-state index contributed by atoms with van der Waals surface area (Å²) in [5.41, 5.74) is 6.54. The van der Waals surface area contributed by atoms with Crippen LogP contribution in [0.1, 0.15) is 56.4 Å². The molecule has 0 amide bonds. The first-order valence-corrected chi connectivity index (χ1v) is 8.98. The van der Waals surface area contributed by atoms with Gasteiger partial charge in [-0.25, -0.2) is 4.52 Å². The number of pyridine rings is 1. The zero-order chi connectivity index (χ0) is 18.0. The molecule has 0 fully saturated rings. The topological polar surface area (TPSA) is 33.1 Å². The van der Waals surface area contributed by atoms with Gasteiger partial charge < -0.3 is 4.98 Å². The molecule has 3 heteroatoms. The number of para-hydroxylation sites is 1. The van der Waals surface area contributed by atoms with E-state index in [2.05, 4.69) is 75.0 Å². The van der Waals surface area contributed by atoms with E-state index in [-0.39, 0.29) is 0 Å². The van der Waals surface area contributed by atoms with Crippen LogP contribution in [0.3, 0.4) is 0 Å². The number of aryl methyl sites for hydroxylation is 1. The maximum absolute atomic E-state index is 4.26. The smallest absolute Gasteiger partial charge is 0.0696 e. The Kier molecular flexibility index (Phi) is 4.93.